The molecule has 1 saturated heterocycles. The lowest BCUT2D eigenvalue weighted by atomic mass is 10.1. The number of rotatable bonds is 6. The Labute approximate surface area is 168 Å². The van der Waals surface area contributed by atoms with E-state index in [-0.39, 0.29) is 11.7 Å². The molecule has 0 unspecified atom stereocenters. The van der Waals surface area contributed by atoms with Crippen molar-refractivity contribution in [2.45, 2.75) is 6.10 Å². The van der Waals surface area contributed by atoms with E-state index in [0.29, 0.717) is 37.4 Å². The molecule has 0 radical (unpaired) electrons. The summed E-state index contributed by atoms with van der Waals surface area (Å²) in [7, 11) is 1.38. The molecule has 0 aliphatic carbocycles. The number of carbonyl (C=O) groups excluding carboxylic acids is 2. The van der Waals surface area contributed by atoms with Gasteiger partial charge >= 0.3 is 5.97 Å². The van der Waals surface area contributed by atoms with Crippen LogP contribution in [0, 0.1) is 5.82 Å². The predicted molar refractivity (Wildman–Crippen MR) is 105 cm³/mol. The lowest BCUT2D eigenvalue weighted by molar-refractivity contribution is -0.159. The summed E-state index contributed by atoms with van der Waals surface area (Å²) < 4.78 is 29.4. The summed E-state index contributed by atoms with van der Waals surface area (Å²) in [6.45, 7) is 1.79. The van der Waals surface area contributed by atoms with Crippen LogP contribution in [0.2, 0.25) is 0 Å². The molecule has 3 rings (SSSR count). The molecule has 0 saturated carbocycles. The minimum atomic E-state index is -1.06. The number of benzene rings is 2. The number of methoxy groups -OCH3 is 1. The van der Waals surface area contributed by atoms with E-state index in [0.717, 1.165) is 0 Å². The fourth-order valence-electron chi connectivity index (χ4n) is 2.94. The maximum atomic E-state index is 13.8. The zero-order chi connectivity index (χ0) is 20.6. The molecule has 1 amide bonds. The average Bonchev–Trinajstić information content (AvgIpc) is 2.77. The Morgan fingerprint density at radius 1 is 1.14 bits per heavy atom. The van der Waals surface area contributed by atoms with Crippen LogP contribution in [-0.2, 0) is 19.1 Å². The Hall–Kier alpha value is -3.19. The van der Waals surface area contributed by atoms with Gasteiger partial charge < -0.3 is 19.1 Å². The fraction of sp³-hybridized carbons (Fsp3) is 0.273. The Balaban J connectivity index is 1.73. The molecular weight excluding hydrogens is 377 g/mol. The van der Waals surface area contributed by atoms with Gasteiger partial charge in [0, 0.05) is 24.7 Å². The van der Waals surface area contributed by atoms with Gasteiger partial charge in [-0.3, -0.25) is 4.79 Å². The third-order valence-electron chi connectivity index (χ3n) is 4.47. The van der Waals surface area contributed by atoms with Gasteiger partial charge in [0.15, 0.2) is 11.6 Å². The molecule has 152 valence electrons. The normalized spacial score (nSPS) is 15.2. The number of hydrogen-bond donors (Lipinski definition) is 0. The first-order valence-electron chi connectivity index (χ1n) is 9.22. The second kappa shape index (κ2) is 9.84. The monoisotopic (exact) mass is 399 g/mol. The van der Waals surface area contributed by atoms with Crippen LogP contribution in [0.1, 0.15) is 17.2 Å². The number of amides is 1. The maximum absolute atomic E-state index is 13.8. The van der Waals surface area contributed by atoms with Gasteiger partial charge in [0.2, 0.25) is 6.10 Å². The first-order chi connectivity index (χ1) is 14.1. The van der Waals surface area contributed by atoms with E-state index >= 15 is 0 Å². The van der Waals surface area contributed by atoms with Crippen molar-refractivity contribution in [3.05, 3.63) is 71.6 Å². The van der Waals surface area contributed by atoms with Gasteiger partial charge in [0.25, 0.3) is 5.91 Å². The Morgan fingerprint density at radius 2 is 1.86 bits per heavy atom. The van der Waals surface area contributed by atoms with Crippen LogP contribution in [0.25, 0.3) is 6.08 Å². The van der Waals surface area contributed by atoms with E-state index in [4.69, 9.17) is 14.2 Å². The molecular formula is C22H22FNO5. The van der Waals surface area contributed by atoms with Crippen molar-refractivity contribution in [2.75, 3.05) is 33.4 Å². The second-order valence-electron chi connectivity index (χ2n) is 6.39. The number of nitrogens with zero attached hydrogens (tertiary/aromatic N) is 1. The summed E-state index contributed by atoms with van der Waals surface area (Å²) in [5.41, 5.74) is 1.05. The number of halogens is 1. The largest absolute Gasteiger partial charge is 0.494 e. The molecule has 6 nitrogen and oxygen atoms in total. The van der Waals surface area contributed by atoms with Crippen molar-refractivity contribution in [3.63, 3.8) is 0 Å². The van der Waals surface area contributed by atoms with E-state index in [1.165, 1.54) is 31.4 Å². The molecule has 0 N–H and O–H groups in total. The van der Waals surface area contributed by atoms with Crippen LogP contribution in [0.15, 0.2) is 54.6 Å². The summed E-state index contributed by atoms with van der Waals surface area (Å²) in [5.74, 6) is -1.41. The molecule has 1 atom stereocenters. The highest BCUT2D eigenvalue weighted by molar-refractivity contribution is 5.91. The van der Waals surface area contributed by atoms with Crippen molar-refractivity contribution in [2.24, 2.45) is 0 Å². The lowest BCUT2D eigenvalue weighted by Gasteiger charge is -2.30. The van der Waals surface area contributed by atoms with Crippen LogP contribution < -0.4 is 4.74 Å². The first-order valence-corrected chi connectivity index (χ1v) is 9.22. The Morgan fingerprint density at radius 3 is 2.52 bits per heavy atom. The molecule has 0 spiro atoms. The van der Waals surface area contributed by atoms with E-state index < -0.39 is 17.9 Å². The summed E-state index contributed by atoms with van der Waals surface area (Å²) in [6.07, 6.45) is 1.54. The highest BCUT2D eigenvalue weighted by Gasteiger charge is 2.29. The maximum Gasteiger partial charge on any atom is 0.331 e. The highest BCUT2D eigenvalue weighted by Crippen LogP contribution is 2.22. The van der Waals surface area contributed by atoms with E-state index in [9.17, 15) is 14.0 Å². The third-order valence-corrected chi connectivity index (χ3v) is 4.47. The van der Waals surface area contributed by atoms with Crippen molar-refractivity contribution in [1.29, 1.82) is 0 Å². The van der Waals surface area contributed by atoms with Crippen LogP contribution in [0.3, 0.4) is 0 Å². The molecule has 1 heterocycles. The summed E-state index contributed by atoms with van der Waals surface area (Å²) in [5, 5.41) is 0. The topological polar surface area (TPSA) is 65.1 Å². The van der Waals surface area contributed by atoms with Crippen molar-refractivity contribution < 1.29 is 28.2 Å². The predicted octanol–water partition coefficient (Wildman–Crippen LogP) is 2.99. The van der Waals surface area contributed by atoms with Crippen molar-refractivity contribution >= 4 is 18.0 Å². The number of hydrogen-bond acceptors (Lipinski definition) is 5. The van der Waals surface area contributed by atoms with Crippen LogP contribution in [-0.4, -0.2) is 50.2 Å². The molecule has 1 fully saturated rings. The number of ether oxygens (including phenoxy) is 3. The SMILES string of the molecule is COc1ccc(/C=C/C(=O)O[C@H](C(=O)N2CCOCC2)c2ccccc2)cc1F. The number of morpholine rings is 1. The average molecular weight is 399 g/mol. The molecule has 7 heteroatoms. The van der Waals surface area contributed by atoms with Gasteiger partial charge in [-0.25, -0.2) is 9.18 Å². The van der Waals surface area contributed by atoms with Gasteiger partial charge in [-0.1, -0.05) is 36.4 Å². The smallest absolute Gasteiger partial charge is 0.331 e. The van der Waals surface area contributed by atoms with Crippen molar-refractivity contribution in [3.8, 4) is 5.75 Å². The van der Waals surface area contributed by atoms with E-state index in [1.54, 1.807) is 35.2 Å². The summed E-state index contributed by atoms with van der Waals surface area (Å²) >= 11 is 0. The molecule has 1 aliphatic heterocycles. The minimum absolute atomic E-state index is 0.116. The van der Waals surface area contributed by atoms with E-state index in [2.05, 4.69) is 0 Å². The molecule has 0 aromatic heterocycles. The Bertz CT molecular complexity index is 878. The number of carbonyl (C=O) groups is 2. The standard InChI is InChI=1S/C22H22FNO5/c1-27-19-9-7-16(15-18(19)23)8-10-20(25)29-21(17-5-3-2-4-6-17)22(26)24-11-13-28-14-12-24/h2-10,15,21H,11-14H2,1H3/b10-8+/t21-/m0/s1. The second-order valence-corrected chi connectivity index (χ2v) is 6.39. The van der Waals surface area contributed by atoms with E-state index in [1.807, 2.05) is 6.07 Å². The van der Waals surface area contributed by atoms with Crippen molar-refractivity contribution in [1.82, 2.24) is 4.90 Å². The molecule has 2 aromatic carbocycles. The zero-order valence-corrected chi connectivity index (χ0v) is 16.0. The highest BCUT2D eigenvalue weighted by atomic mass is 19.1. The van der Waals surface area contributed by atoms with Gasteiger partial charge in [-0.2, -0.15) is 0 Å². The molecule has 1 aliphatic rings. The summed E-state index contributed by atoms with van der Waals surface area (Å²) in [6, 6.07) is 13.2. The van der Waals surface area contributed by atoms with Crippen LogP contribution >= 0.6 is 0 Å². The molecule has 0 bridgehead atoms. The van der Waals surface area contributed by atoms with Crippen LogP contribution in [0.5, 0.6) is 5.75 Å². The molecule has 29 heavy (non-hydrogen) atoms. The van der Waals surface area contributed by atoms with Gasteiger partial charge in [0.1, 0.15) is 0 Å². The minimum Gasteiger partial charge on any atom is -0.494 e. The number of esters is 1. The quantitative estimate of drug-likeness (QED) is 0.552. The first kappa shape index (κ1) is 20.5. The lowest BCUT2D eigenvalue weighted by Crippen LogP contribution is -2.44. The third kappa shape index (κ3) is 5.42. The zero-order valence-electron chi connectivity index (χ0n) is 16.0. The summed E-state index contributed by atoms with van der Waals surface area (Å²) in [4.78, 5) is 26.9. The Kier molecular flexibility index (Phi) is 6.97. The molecule has 2 aromatic rings. The van der Waals surface area contributed by atoms with Gasteiger partial charge in [0.05, 0.1) is 20.3 Å². The fourth-order valence-corrected chi connectivity index (χ4v) is 2.94. The van der Waals surface area contributed by atoms with Gasteiger partial charge in [-0.15, -0.1) is 0 Å². The van der Waals surface area contributed by atoms with Gasteiger partial charge in [-0.05, 0) is 23.8 Å². The van der Waals surface area contributed by atoms with Crippen LogP contribution in [0.4, 0.5) is 4.39 Å².